The molecule has 0 aliphatic carbocycles. The van der Waals surface area contributed by atoms with Crippen molar-refractivity contribution in [2.75, 3.05) is 13.7 Å². The molecule has 0 saturated carbocycles. The molecule has 1 aliphatic heterocycles. The van der Waals surface area contributed by atoms with Crippen LogP contribution in [0.3, 0.4) is 0 Å². The molecule has 1 aliphatic rings. The summed E-state index contributed by atoms with van der Waals surface area (Å²) in [6.07, 6.45) is 1.67. The van der Waals surface area contributed by atoms with Crippen molar-refractivity contribution >= 4 is 27.8 Å². The maximum Gasteiger partial charge on any atom is 0.343 e. The van der Waals surface area contributed by atoms with Crippen molar-refractivity contribution in [3.63, 3.8) is 0 Å². The van der Waals surface area contributed by atoms with Crippen LogP contribution in [-0.2, 0) is 20.7 Å². The second-order valence-corrected chi connectivity index (χ2v) is 5.87. The highest BCUT2D eigenvalue weighted by atomic mass is 79.9. The first-order chi connectivity index (χ1) is 9.08. The molecule has 0 aromatic heterocycles. The second-order valence-electron chi connectivity index (χ2n) is 4.56. The Morgan fingerprint density at radius 2 is 2.05 bits per heavy atom. The lowest BCUT2D eigenvalue weighted by Gasteiger charge is -2.30. The van der Waals surface area contributed by atoms with Crippen molar-refractivity contribution in [1.82, 2.24) is 4.90 Å². The number of methoxy groups -OCH3 is 1. The largest absolute Gasteiger partial charge is 0.467 e. The van der Waals surface area contributed by atoms with Crippen LogP contribution < -0.4 is 0 Å². The molecule has 1 aromatic carbocycles. The van der Waals surface area contributed by atoms with E-state index in [0.29, 0.717) is 19.4 Å². The number of alkyl halides is 1. The van der Waals surface area contributed by atoms with Crippen LogP contribution in [0.2, 0.25) is 0 Å². The predicted molar refractivity (Wildman–Crippen MR) is 74.8 cm³/mol. The van der Waals surface area contributed by atoms with Gasteiger partial charge in [0.25, 0.3) is 0 Å². The van der Waals surface area contributed by atoms with Crippen LogP contribution in [0.1, 0.15) is 18.4 Å². The normalized spacial score (nSPS) is 22.3. The zero-order valence-electron chi connectivity index (χ0n) is 10.8. The van der Waals surface area contributed by atoms with E-state index in [1.807, 2.05) is 30.3 Å². The average Bonchev–Trinajstić information content (AvgIpc) is 2.82. The zero-order valence-corrected chi connectivity index (χ0v) is 12.4. The van der Waals surface area contributed by atoms with Gasteiger partial charge in [-0.2, -0.15) is 0 Å². The molecule has 0 spiro atoms. The summed E-state index contributed by atoms with van der Waals surface area (Å²) in [6, 6.07) is 9.51. The SMILES string of the molecule is COC(=O)[C@@]1(Br)CCCN1C(=O)Cc1ccccc1. The number of amides is 1. The summed E-state index contributed by atoms with van der Waals surface area (Å²) in [4.78, 5) is 25.8. The van der Waals surface area contributed by atoms with Crippen LogP contribution in [0.25, 0.3) is 0 Å². The van der Waals surface area contributed by atoms with Gasteiger partial charge in [-0.15, -0.1) is 0 Å². The van der Waals surface area contributed by atoms with Gasteiger partial charge in [-0.1, -0.05) is 30.3 Å². The van der Waals surface area contributed by atoms with E-state index in [-0.39, 0.29) is 5.91 Å². The van der Waals surface area contributed by atoms with Crippen molar-refractivity contribution in [2.24, 2.45) is 0 Å². The summed E-state index contributed by atoms with van der Waals surface area (Å²) < 4.78 is 3.80. The van der Waals surface area contributed by atoms with Gasteiger partial charge in [0.05, 0.1) is 13.5 Å². The minimum Gasteiger partial charge on any atom is -0.467 e. The van der Waals surface area contributed by atoms with E-state index in [2.05, 4.69) is 15.9 Å². The fourth-order valence-corrected chi connectivity index (χ4v) is 3.16. The van der Waals surface area contributed by atoms with Crippen molar-refractivity contribution in [2.45, 2.75) is 23.7 Å². The summed E-state index contributed by atoms with van der Waals surface area (Å²) in [7, 11) is 1.34. The molecule has 19 heavy (non-hydrogen) atoms. The van der Waals surface area contributed by atoms with Crippen LogP contribution >= 0.6 is 15.9 Å². The van der Waals surface area contributed by atoms with Crippen LogP contribution in [0.5, 0.6) is 0 Å². The third-order valence-corrected chi connectivity index (χ3v) is 4.46. The van der Waals surface area contributed by atoms with E-state index in [0.717, 1.165) is 12.0 Å². The minimum absolute atomic E-state index is 0.0639. The highest BCUT2D eigenvalue weighted by Gasteiger charge is 2.48. The monoisotopic (exact) mass is 325 g/mol. The number of hydrogen-bond donors (Lipinski definition) is 0. The summed E-state index contributed by atoms with van der Waals surface area (Å²) in [5.74, 6) is -0.475. The number of benzene rings is 1. The third kappa shape index (κ3) is 2.81. The Morgan fingerprint density at radius 1 is 1.37 bits per heavy atom. The fourth-order valence-electron chi connectivity index (χ4n) is 2.34. The maximum absolute atomic E-state index is 12.3. The van der Waals surface area contributed by atoms with Gasteiger partial charge in [-0.25, -0.2) is 4.79 Å². The van der Waals surface area contributed by atoms with Crippen LogP contribution in [0, 0.1) is 0 Å². The van der Waals surface area contributed by atoms with Gasteiger partial charge in [0, 0.05) is 6.54 Å². The minimum atomic E-state index is -0.992. The van der Waals surface area contributed by atoms with Gasteiger partial charge in [0.15, 0.2) is 4.45 Å². The van der Waals surface area contributed by atoms with Crippen molar-refractivity contribution in [3.05, 3.63) is 35.9 Å². The van der Waals surface area contributed by atoms with Crippen molar-refractivity contribution in [1.29, 1.82) is 0 Å². The van der Waals surface area contributed by atoms with Gasteiger partial charge < -0.3 is 9.64 Å². The Bertz CT molecular complexity index is 477. The van der Waals surface area contributed by atoms with E-state index in [9.17, 15) is 9.59 Å². The standard InChI is InChI=1S/C14H16BrNO3/c1-19-13(18)14(15)8-5-9-16(14)12(17)10-11-6-3-2-4-7-11/h2-4,6-7H,5,8-10H2,1H3/t14-/m1/s1. The molecule has 1 atom stereocenters. The average molecular weight is 326 g/mol. The van der Waals surface area contributed by atoms with Crippen LogP contribution in [0.15, 0.2) is 30.3 Å². The van der Waals surface area contributed by atoms with E-state index in [1.54, 1.807) is 4.90 Å². The van der Waals surface area contributed by atoms with Crippen LogP contribution in [0.4, 0.5) is 0 Å². The number of rotatable bonds is 3. The Hall–Kier alpha value is -1.36. The second kappa shape index (κ2) is 5.74. The molecular formula is C14H16BrNO3. The number of hydrogen-bond acceptors (Lipinski definition) is 3. The molecular weight excluding hydrogens is 310 g/mol. The first-order valence-electron chi connectivity index (χ1n) is 6.19. The molecule has 1 heterocycles. The zero-order chi connectivity index (χ0) is 13.9. The molecule has 0 N–H and O–H groups in total. The first kappa shape index (κ1) is 14.1. The lowest BCUT2D eigenvalue weighted by Crippen LogP contribution is -2.49. The highest BCUT2D eigenvalue weighted by molar-refractivity contribution is 9.10. The number of ether oxygens (including phenoxy) is 1. The Labute approximate surface area is 120 Å². The van der Waals surface area contributed by atoms with Gasteiger partial charge in [-0.05, 0) is 34.3 Å². The van der Waals surface area contributed by atoms with E-state index < -0.39 is 10.4 Å². The number of nitrogens with zero attached hydrogens (tertiary/aromatic N) is 1. The predicted octanol–water partition coefficient (Wildman–Crippen LogP) is 2.12. The van der Waals surface area contributed by atoms with Gasteiger partial charge in [0.1, 0.15) is 0 Å². The van der Waals surface area contributed by atoms with Gasteiger partial charge in [0.2, 0.25) is 5.91 Å². The molecule has 1 fully saturated rings. The van der Waals surface area contributed by atoms with E-state index in [1.165, 1.54) is 7.11 Å². The molecule has 0 unspecified atom stereocenters. The molecule has 0 bridgehead atoms. The van der Waals surface area contributed by atoms with Crippen LogP contribution in [-0.4, -0.2) is 34.9 Å². The summed E-state index contributed by atoms with van der Waals surface area (Å²) >= 11 is 3.38. The molecule has 4 nitrogen and oxygen atoms in total. The molecule has 1 amide bonds. The van der Waals surface area contributed by atoms with Gasteiger partial charge >= 0.3 is 5.97 Å². The smallest absolute Gasteiger partial charge is 0.343 e. The molecule has 102 valence electrons. The maximum atomic E-state index is 12.3. The number of halogens is 1. The van der Waals surface area contributed by atoms with E-state index in [4.69, 9.17) is 4.74 Å². The third-order valence-electron chi connectivity index (χ3n) is 3.32. The number of carbonyl (C=O) groups excluding carboxylic acids is 2. The quantitative estimate of drug-likeness (QED) is 0.486. The molecule has 1 aromatic rings. The van der Waals surface area contributed by atoms with Crippen molar-refractivity contribution < 1.29 is 14.3 Å². The molecule has 1 saturated heterocycles. The highest BCUT2D eigenvalue weighted by Crippen LogP contribution is 2.36. The van der Waals surface area contributed by atoms with Gasteiger partial charge in [-0.3, -0.25) is 4.79 Å². The summed E-state index contributed by atoms with van der Waals surface area (Å²) in [5.41, 5.74) is 0.944. The number of esters is 1. The van der Waals surface area contributed by atoms with Crippen molar-refractivity contribution in [3.8, 4) is 0 Å². The Balaban J connectivity index is 2.12. The fraction of sp³-hybridized carbons (Fsp3) is 0.429. The number of likely N-dealkylation sites (tertiary alicyclic amines) is 1. The first-order valence-corrected chi connectivity index (χ1v) is 6.99. The molecule has 0 radical (unpaired) electrons. The lowest BCUT2D eigenvalue weighted by atomic mass is 10.1. The summed E-state index contributed by atoms with van der Waals surface area (Å²) in [5, 5.41) is 0. The van der Waals surface area contributed by atoms with E-state index >= 15 is 0 Å². The summed E-state index contributed by atoms with van der Waals surface area (Å²) in [6.45, 7) is 0.575. The Kier molecular flexibility index (Phi) is 4.24. The Morgan fingerprint density at radius 3 is 2.68 bits per heavy atom. The number of carbonyl (C=O) groups is 2. The lowest BCUT2D eigenvalue weighted by molar-refractivity contribution is -0.152. The molecule has 2 rings (SSSR count). The topological polar surface area (TPSA) is 46.6 Å². The molecule has 5 heteroatoms.